The van der Waals surface area contributed by atoms with Crippen LogP contribution in [0.3, 0.4) is 0 Å². The molecule has 0 spiro atoms. The maximum Gasteiger partial charge on any atom is 0.179 e. The molecule has 0 aliphatic carbocycles. The van der Waals surface area contributed by atoms with E-state index in [1.165, 1.54) is 13.8 Å². The molecule has 0 unspecified atom stereocenters. The third kappa shape index (κ3) is 1.54. The Hall–Kier alpha value is -0.900. The second-order valence-electron chi connectivity index (χ2n) is 3.24. The van der Waals surface area contributed by atoms with Gasteiger partial charge in [0.15, 0.2) is 17.5 Å². The van der Waals surface area contributed by atoms with E-state index in [0.717, 1.165) is 0 Å². The van der Waals surface area contributed by atoms with Crippen LogP contribution in [-0.4, -0.2) is 0 Å². The third-order valence-electron chi connectivity index (χ3n) is 1.91. The van der Waals surface area contributed by atoms with E-state index in [4.69, 9.17) is 17.3 Å². The van der Waals surface area contributed by atoms with Crippen LogP contribution >= 0.6 is 11.6 Å². The molecule has 1 nitrogen and oxygen atoms in total. The average molecular weight is 224 g/mol. The molecule has 0 aromatic heterocycles. The van der Waals surface area contributed by atoms with Crippen molar-refractivity contribution in [3.8, 4) is 0 Å². The van der Waals surface area contributed by atoms with Gasteiger partial charge in [0.2, 0.25) is 0 Å². The minimum atomic E-state index is -1.30. The molecule has 0 fully saturated rings. The van der Waals surface area contributed by atoms with Crippen molar-refractivity contribution in [1.29, 1.82) is 0 Å². The number of hydrogen-bond acceptors (Lipinski definition) is 1. The van der Waals surface area contributed by atoms with Crippen LogP contribution in [0, 0.1) is 17.5 Å². The second-order valence-corrected chi connectivity index (χ2v) is 3.62. The summed E-state index contributed by atoms with van der Waals surface area (Å²) in [5, 5.41) is -0.704. The van der Waals surface area contributed by atoms with Gasteiger partial charge in [-0.15, -0.1) is 0 Å². The zero-order chi connectivity index (χ0) is 11.0. The normalized spacial score (nSPS) is 11.1. The topological polar surface area (TPSA) is 26.0 Å². The van der Waals surface area contributed by atoms with Crippen LogP contribution in [0.2, 0.25) is 5.02 Å². The first-order chi connectivity index (χ1) is 6.37. The highest BCUT2D eigenvalue weighted by Gasteiger charge is 2.23. The predicted molar refractivity (Wildman–Crippen MR) is 49.8 cm³/mol. The Bertz CT molecular complexity index is 348. The summed E-state index contributed by atoms with van der Waals surface area (Å²) in [6.07, 6.45) is 0. The van der Waals surface area contributed by atoms with Crippen molar-refractivity contribution in [2.24, 2.45) is 0 Å². The molecular weight excluding hydrogens is 215 g/mol. The molecule has 0 bridgehead atoms. The van der Waals surface area contributed by atoms with Crippen LogP contribution in [0.1, 0.15) is 25.3 Å². The monoisotopic (exact) mass is 223 g/mol. The number of anilines is 1. The lowest BCUT2D eigenvalue weighted by molar-refractivity contribution is 0.474. The lowest BCUT2D eigenvalue weighted by Crippen LogP contribution is -2.06. The second kappa shape index (κ2) is 3.69. The Morgan fingerprint density at radius 2 is 1.57 bits per heavy atom. The van der Waals surface area contributed by atoms with E-state index in [1.54, 1.807) is 0 Å². The molecule has 1 aromatic carbocycles. The van der Waals surface area contributed by atoms with Crippen LogP contribution in [-0.2, 0) is 0 Å². The van der Waals surface area contributed by atoms with Gasteiger partial charge in [-0.2, -0.15) is 0 Å². The molecule has 0 amide bonds. The zero-order valence-corrected chi connectivity index (χ0v) is 8.42. The fourth-order valence-corrected chi connectivity index (χ4v) is 1.34. The number of rotatable bonds is 1. The summed E-state index contributed by atoms with van der Waals surface area (Å²) in [6.45, 7) is 3.07. The van der Waals surface area contributed by atoms with Crippen molar-refractivity contribution < 1.29 is 13.2 Å². The molecule has 0 saturated heterocycles. The van der Waals surface area contributed by atoms with Gasteiger partial charge >= 0.3 is 0 Å². The van der Waals surface area contributed by atoms with Crippen LogP contribution in [0.4, 0.5) is 18.9 Å². The first kappa shape index (κ1) is 11.2. The number of halogens is 4. The van der Waals surface area contributed by atoms with E-state index in [2.05, 4.69) is 0 Å². The molecule has 0 saturated carbocycles. The maximum absolute atomic E-state index is 13.3. The van der Waals surface area contributed by atoms with E-state index < -0.39 is 34.1 Å². The van der Waals surface area contributed by atoms with Crippen LogP contribution in [0.25, 0.3) is 0 Å². The average Bonchev–Trinajstić information content (AvgIpc) is 2.11. The minimum Gasteiger partial charge on any atom is -0.395 e. The summed E-state index contributed by atoms with van der Waals surface area (Å²) in [7, 11) is 0. The summed E-state index contributed by atoms with van der Waals surface area (Å²) < 4.78 is 39.6. The van der Waals surface area contributed by atoms with Crippen LogP contribution in [0.5, 0.6) is 0 Å². The highest BCUT2D eigenvalue weighted by molar-refractivity contribution is 6.33. The molecule has 5 heteroatoms. The van der Waals surface area contributed by atoms with E-state index >= 15 is 0 Å². The molecule has 0 radical (unpaired) electrons. The summed E-state index contributed by atoms with van der Waals surface area (Å²) >= 11 is 5.28. The largest absolute Gasteiger partial charge is 0.395 e. The molecule has 78 valence electrons. The Kier molecular flexibility index (Phi) is 2.95. The highest BCUT2D eigenvalue weighted by atomic mass is 35.5. The highest BCUT2D eigenvalue weighted by Crippen LogP contribution is 2.34. The number of hydrogen-bond donors (Lipinski definition) is 1. The summed E-state index contributed by atoms with van der Waals surface area (Å²) in [5.74, 6) is -4.04. The first-order valence-corrected chi connectivity index (χ1v) is 4.37. The van der Waals surface area contributed by atoms with E-state index in [0.29, 0.717) is 0 Å². The quantitative estimate of drug-likeness (QED) is 0.440. The molecule has 0 aliphatic heterocycles. The van der Waals surface area contributed by atoms with Crippen molar-refractivity contribution >= 4 is 17.3 Å². The standard InChI is InChI=1S/C9H9ClF3N/c1-3(2)4-6(11)8(13)5(10)9(14)7(4)12/h3H,14H2,1-2H3. The molecule has 14 heavy (non-hydrogen) atoms. The van der Waals surface area contributed by atoms with Gasteiger partial charge < -0.3 is 5.73 Å². The maximum atomic E-state index is 13.3. The fourth-order valence-electron chi connectivity index (χ4n) is 1.18. The van der Waals surface area contributed by atoms with Gasteiger partial charge in [0, 0.05) is 5.56 Å². The molecule has 0 heterocycles. The SMILES string of the molecule is CC(C)c1c(F)c(N)c(Cl)c(F)c1F. The number of benzene rings is 1. The minimum absolute atomic E-state index is 0.371. The molecule has 1 rings (SSSR count). The van der Waals surface area contributed by atoms with E-state index in [1.807, 2.05) is 0 Å². The molecule has 2 N–H and O–H groups in total. The van der Waals surface area contributed by atoms with Gasteiger partial charge in [0.1, 0.15) is 5.02 Å². The first-order valence-electron chi connectivity index (χ1n) is 3.99. The van der Waals surface area contributed by atoms with Gasteiger partial charge in [0.05, 0.1) is 5.69 Å². The van der Waals surface area contributed by atoms with Gasteiger partial charge in [0.25, 0.3) is 0 Å². The van der Waals surface area contributed by atoms with E-state index in [-0.39, 0.29) is 5.56 Å². The lowest BCUT2D eigenvalue weighted by atomic mass is 10.0. The Morgan fingerprint density at radius 3 is 2.00 bits per heavy atom. The van der Waals surface area contributed by atoms with Gasteiger partial charge in [-0.25, -0.2) is 13.2 Å². The van der Waals surface area contributed by atoms with Crippen molar-refractivity contribution in [3.05, 3.63) is 28.0 Å². The van der Waals surface area contributed by atoms with Crippen LogP contribution in [0.15, 0.2) is 0 Å². The smallest absolute Gasteiger partial charge is 0.179 e. The predicted octanol–water partition coefficient (Wildman–Crippen LogP) is 3.46. The molecule has 0 atom stereocenters. The van der Waals surface area contributed by atoms with Gasteiger partial charge in [-0.3, -0.25) is 0 Å². The lowest BCUT2D eigenvalue weighted by Gasteiger charge is -2.12. The van der Waals surface area contributed by atoms with Crippen molar-refractivity contribution in [2.75, 3.05) is 5.73 Å². The summed E-state index contributed by atoms with van der Waals surface area (Å²) in [6, 6.07) is 0. The van der Waals surface area contributed by atoms with Gasteiger partial charge in [-0.05, 0) is 5.92 Å². The molecule has 0 aliphatic rings. The van der Waals surface area contributed by atoms with Gasteiger partial charge in [-0.1, -0.05) is 25.4 Å². The summed E-state index contributed by atoms with van der Waals surface area (Å²) in [5.41, 5.74) is 4.26. The van der Waals surface area contributed by atoms with E-state index in [9.17, 15) is 13.2 Å². The Labute approximate surface area is 84.7 Å². The van der Waals surface area contributed by atoms with Crippen molar-refractivity contribution in [3.63, 3.8) is 0 Å². The third-order valence-corrected chi connectivity index (χ3v) is 2.28. The Balaban J connectivity index is 3.60. The number of nitrogens with two attached hydrogens (primary N) is 1. The zero-order valence-electron chi connectivity index (χ0n) is 7.67. The van der Waals surface area contributed by atoms with Crippen LogP contribution < -0.4 is 5.73 Å². The molecule has 1 aromatic rings. The van der Waals surface area contributed by atoms with Crippen molar-refractivity contribution in [1.82, 2.24) is 0 Å². The Morgan fingerprint density at radius 1 is 1.07 bits per heavy atom. The number of nitrogen functional groups attached to an aromatic ring is 1. The molecular formula is C9H9ClF3N. The summed E-state index contributed by atoms with van der Waals surface area (Å²) in [4.78, 5) is 0. The fraction of sp³-hybridized carbons (Fsp3) is 0.333. The van der Waals surface area contributed by atoms with Crippen molar-refractivity contribution in [2.45, 2.75) is 19.8 Å².